The van der Waals surface area contributed by atoms with Crippen LogP contribution in [0.15, 0.2) is 22.8 Å². The number of hydrogen-bond acceptors (Lipinski definition) is 1. The van der Waals surface area contributed by atoms with Crippen LogP contribution in [0.3, 0.4) is 0 Å². The molecule has 0 atom stereocenters. The molecule has 1 aromatic rings. The van der Waals surface area contributed by atoms with Crippen molar-refractivity contribution in [2.45, 2.75) is 0 Å². The Bertz CT molecular complexity index is 165. The Labute approximate surface area is 69.0 Å². The molecule has 0 N–H and O–H groups in total. The van der Waals surface area contributed by atoms with Gasteiger partial charge in [0.25, 0.3) is 0 Å². The van der Waals surface area contributed by atoms with E-state index in [1.165, 1.54) is 0 Å². The van der Waals surface area contributed by atoms with Crippen molar-refractivity contribution < 1.29 is 25.5 Å². The third-order valence-electron chi connectivity index (χ3n) is 0.790. The first-order valence-corrected chi connectivity index (χ1v) is 2.34. The molecular formula is C7H6OW. The van der Waals surface area contributed by atoms with Crippen molar-refractivity contribution >= 4 is 6.08 Å². The van der Waals surface area contributed by atoms with Crippen LogP contribution >= 0.6 is 0 Å². The molecule has 0 aliphatic heterocycles. The molecule has 2 heteroatoms. The molecule has 0 spiro atoms. The van der Waals surface area contributed by atoms with E-state index in [1.807, 2.05) is 12.1 Å². The predicted octanol–water partition coefficient (Wildman–Crippen LogP) is 1.92. The monoisotopic (exact) mass is 290 g/mol. The van der Waals surface area contributed by atoms with E-state index < -0.39 is 0 Å². The zero-order chi connectivity index (χ0) is 5.82. The zero-order valence-corrected chi connectivity index (χ0v) is 7.77. The summed E-state index contributed by atoms with van der Waals surface area (Å²) in [4.78, 5) is 0. The number of furan rings is 1. The van der Waals surface area contributed by atoms with Crippen molar-refractivity contribution in [3.8, 4) is 0 Å². The van der Waals surface area contributed by atoms with E-state index in [-0.39, 0.29) is 21.1 Å². The maximum absolute atomic E-state index is 4.66. The maximum atomic E-state index is 4.66. The van der Waals surface area contributed by atoms with Gasteiger partial charge >= 0.3 is 21.1 Å². The van der Waals surface area contributed by atoms with Crippen LogP contribution in [0.1, 0.15) is 5.56 Å². The van der Waals surface area contributed by atoms with Gasteiger partial charge < -0.3 is 4.42 Å². The average molecular weight is 290 g/mol. The number of allylic oxidation sites excluding steroid dienone is 1. The molecule has 1 heterocycles. The molecule has 0 amide bonds. The molecule has 9 heavy (non-hydrogen) atoms. The first kappa shape index (κ1) is 8.58. The summed E-state index contributed by atoms with van der Waals surface area (Å²) in [5.74, 6) is 0. The van der Waals surface area contributed by atoms with Gasteiger partial charge in [-0.1, -0.05) is 0 Å². The van der Waals surface area contributed by atoms with E-state index in [9.17, 15) is 0 Å². The summed E-state index contributed by atoms with van der Waals surface area (Å²) in [6.07, 6.45) is 7.73. The first-order valence-electron chi connectivity index (χ1n) is 2.34. The molecule has 0 saturated carbocycles. The van der Waals surface area contributed by atoms with E-state index in [2.05, 4.69) is 17.6 Å². The molecule has 0 aromatic carbocycles. The largest absolute Gasteiger partial charge is 2.00 e. The van der Waals surface area contributed by atoms with E-state index in [0.29, 0.717) is 0 Å². The van der Waals surface area contributed by atoms with Crippen molar-refractivity contribution in [1.82, 2.24) is 0 Å². The minimum atomic E-state index is 0. The van der Waals surface area contributed by atoms with Crippen LogP contribution in [-0.2, 0) is 21.1 Å². The molecule has 1 aromatic heterocycles. The molecule has 0 bridgehead atoms. The molecule has 0 radical (unpaired) electrons. The molecule has 0 unspecified atom stereocenters. The van der Waals surface area contributed by atoms with Gasteiger partial charge in [-0.05, 0) is 6.26 Å². The van der Waals surface area contributed by atoms with Crippen molar-refractivity contribution in [3.63, 3.8) is 0 Å². The minimum Gasteiger partial charge on any atom is -0.565 e. The molecule has 0 fully saturated rings. The summed E-state index contributed by atoms with van der Waals surface area (Å²) in [5, 5.41) is 0. The van der Waals surface area contributed by atoms with Crippen molar-refractivity contribution in [2.24, 2.45) is 0 Å². The van der Waals surface area contributed by atoms with Gasteiger partial charge in [-0.15, -0.1) is 11.6 Å². The fourth-order valence-corrected chi connectivity index (χ4v) is 0.460. The van der Waals surface area contributed by atoms with Gasteiger partial charge in [0.15, 0.2) is 0 Å². The van der Waals surface area contributed by atoms with E-state index in [4.69, 9.17) is 0 Å². The Kier molecular flexibility index (Phi) is 4.25. The summed E-state index contributed by atoms with van der Waals surface area (Å²) in [7, 11) is 0. The predicted molar refractivity (Wildman–Crippen MR) is 31.9 cm³/mol. The fourth-order valence-electron chi connectivity index (χ4n) is 0.460. The van der Waals surface area contributed by atoms with Crippen molar-refractivity contribution in [1.29, 1.82) is 0 Å². The first-order chi connectivity index (χ1) is 3.93. The summed E-state index contributed by atoms with van der Waals surface area (Å²) in [6, 6.07) is 1.82. The molecule has 0 aliphatic carbocycles. The third kappa shape index (κ3) is 2.57. The Balaban J connectivity index is 0.000000640. The SMILES string of the molecule is [CH2-]/C=C\c1[c-]occ1.[W+2]. The Morgan fingerprint density at radius 3 is 2.89 bits per heavy atom. The molecule has 0 aliphatic rings. The standard InChI is InChI=1S/C7H6O.W/c1-2-3-7-4-5-8-6-7;/h2-5H,1H2;/q-2;+2/b3-2-;. The molecule has 1 rings (SSSR count). The van der Waals surface area contributed by atoms with Crippen LogP contribution in [-0.4, -0.2) is 0 Å². The maximum Gasteiger partial charge on any atom is 2.00 e. The van der Waals surface area contributed by atoms with Gasteiger partial charge in [0.05, 0.1) is 0 Å². The van der Waals surface area contributed by atoms with Crippen LogP contribution < -0.4 is 0 Å². The van der Waals surface area contributed by atoms with E-state index in [1.54, 1.807) is 12.3 Å². The van der Waals surface area contributed by atoms with Gasteiger partial charge in [-0.2, -0.15) is 12.2 Å². The summed E-state index contributed by atoms with van der Waals surface area (Å²) >= 11 is 0. The van der Waals surface area contributed by atoms with Crippen LogP contribution in [0.4, 0.5) is 0 Å². The second kappa shape index (κ2) is 4.46. The number of hydrogen-bond donors (Lipinski definition) is 0. The van der Waals surface area contributed by atoms with E-state index >= 15 is 0 Å². The average Bonchev–Trinajstić information content (AvgIpc) is 2.19. The van der Waals surface area contributed by atoms with E-state index in [0.717, 1.165) is 5.56 Å². The minimum absolute atomic E-state index is 0. The van der Waals surface area contributed by atoms with Crippen molar-refractivity contribution in [2.75, 3.05) is 0 Å². The third-order valence-corrected chi connectivity index (χ3v) is 0.790. The van der Waals surface area contributed by atoms with Gasteiger partial charge in [0.2, 0.25) is 0 Å². The molecule has 46 valence electrons. The van der Waals surface area contributed by atoms with Crippen LogP contribution in [0.5, 0.6) is 0 Å². The number of rotatable bonds is 1. The zero-order valence-electron chi connectivity index (χ0n) is 4.83. The van der Waals surface area contributed by atoms with Crippen molar-refractivity contribution in [3.05, 3.63) is 37.2 Å². The molecular weight excluding hydrogens is 284 g/mol. The van der Waals surface area contributed by atoms with Gasteiger partial charge in [-0.25, -0.2) is 6.92 Å². The smallest absolute Gasteiger partial charge is 0.565 e. The van der Waals surface area contributed by atoms with Gasteiger partial charge in [0.1, 0.15) is 0 Å². The van der Waals surface area contributed by atoms with Crippen LogP contribution in [0.2, 0.25) is 0 Å². The normalized spacial score (nSPS) is 9.33. The summed E-state index contributed by atoms with van der Waals surface area (Å²) < 4.78 is 4.66. The Hall–Kier alpha value is -0.422. The topological polar surface area (TPSA) is 13.1 Å². The quantitative estimate of drug-likeness (QED) is 0.720. The summed E-state index contributed by atoms with van der Waals surface area (Å²) in [5.41, 5.74) is 0.931. The van der Waals surface area contributed by atoms with Gasteiger partial charge in [-0.3, -0.25) is 0 Å². The second-order valence-corrected chi connectivity index (χ2v) is 1.38. The molecule has 0 saturated heterocycles. The summed E-state index contributed by atoms with van der Waals surface area (Å²) in [6.45, 7) is 3.52. The second-order valence-electron chi connectivity index (χ2n) is 1.38. The van der Waals surface area contributed by atoms with Crippen LogP contribution in [0.25, 0.3) is 6.08 Å². The Morgan fingerprint density at radius 2 is 2.44 bits per heavy atom. The van der Waals surface area contributed by atoms with Crippen LogP contribution in [0, 0.1) is 13.2 Å². The Morgan fingerprint density at radius 1 is 1.67 bits per heavy atom. The molecule has 1 nitrogen and oxygen atoms in total. The fraction of sp³-hybridized carbons (Fsp3) is 0. The van der Waals surface area contributed by atoms with Gasteiger partial charge in [0, 0.05) is 6.26 Å².